The molecule has 1 aromatic carbocycles. The van der Waals surface area contributed by atoms with Crippen LogP contribution in [0.3, 0.4) is 0 Å². The minimum Gasteiger partial charge on any atom is -0.481 e. The molecule has 2 rings (SSSR count). The molecule has 6 heteroatoms. The Morgan fingerprint density at radius 1 is 1.44 bits per heavy atom. The number of hydrogen-bond acceptors (Lipinski definition) is 4. The lowest BCUT2D eigenvalue weighted by Gasteiger charge is -2.10. The van der Waals surface area contributed by atoms with Crippen LogP contribution < -0.4 is 5.73 Å². The number of aliphatic carboxylic acids is 1. The Morgan fingerprint density at radius 3 is 2.39 bits per heavy atom. The summed E-state index contributed by atoms with van der Waals surface area (Å²) < 4.78 is 24.5. The van der Waals surface area contributed by atoms with Gasteiger partial charge in [0.25, 0.3) is 0 Å². The molecular weight excluding hydrogens is 254 g/mol. The van der Waals surface area contributed by atoms with Gasteiger partial charge in [0, 0.05) is 6.54 Å². The van der Waals surface area contributed by atoms with Gasteiger partial charge < -0.3 is 10.8 Å². The number of carboxylic acid groups (broad SMARTS) is 1. The van der Waals surface area contributed by atoms with Crippen molar-refractivity contribution in [3.05, 3.63) is 29.8 Å². The van der Waals surface area contributed by atoms with Crippen LogP contribution in [0.1, 0.15) is 12.0 Å². The topological polar surface area (TPSA) is 97.5 Å². The molecule has 1 aromatic rings. The Bertz CT molecular complexity index is 579. The van der Waals surface area contributed by atoms with Crippen molar-refractivity contribution in [1.29, 1.82) is 0 Å². The molecule has 0 spiro atoms. The van der Waals surface area contributed by atoms with Crippen LogP contribution in [0.5, 0.6) is 0 Å². The predicted octanol–water partition coefficient (Wildman–Crippen LogP) is 0.571. The van der Waals surface area contributed by atoms with E-state index in [1.165, 1.54) is 12.1 Å². The second-order valence-corrected chi connectivity index (χ2v) is 6.85. The third-order valence-corrected chi connectivity index (χ3v) is 5.82. The molecule has 2 atom stereocenters. The first kappa shape index (κ1) is 13.0. The van der Waals surface area contributed by atoms with Crippen molar-refractivity contribution in [3.8, 4) is 0 Å². The van der Waals surface area contributed by atoms with E-state index in [4.69, 9.17) is 10.8 Å². The average Bonchev–Trinajstić information content (AvgIpc) is 3.06. The highest BCUT2D eigenvalue weighted by Crippen LogP contribution is 2.52. The maximum atomic E-state index is 12.3. The number of aryl methyl sites for hydroxylation is 1. The van der Waals surface area contributed by atoms with E-state index in [0.29, 0.717) is 0 Å². The Labute approximate surface area is 106 Å². The summed E-state index contributed by atoms with van der Waals surface area (Å²) in [6, 6.07) is 6.40. The molecule has 0 saturated heterocycles. The van der Waals surface area contributed by atoms with Gasteiger partial charge in [-0.1, -0.05) is 17.7 Å². The highest BCUT2D eigenvalue weighted by atomic mass is 32.2. The standard InChI is InChI=1S/C12H15NO4S/c1-8-2-4-9(5-3-8)18(16,17)10-6-12(10,7-13)11(14)15/h2-5,10H,6-7,13H2,1H3,(H,14,15). The smallest absolute Gasteiger partial charge is 0.312 e. The summed E-state index contributed by atoms with van der Waals surface area (Å²) in [7, 11) is -3.61. The number of nitrogens with two attached hydrogens (primary N) is 1. The molecule has 0 amide bonds. The largest absolute Gasteiger partial charge is 0.481 e. The molecule has 5 nitrogen and oxygen atoms in total. The fraction of sp³-hybridized carbons (Fsp3) is 0.417. The number of benzene rings is 1. The molecule has 98 valence electrons. The summed E-state index contributed by atoms with van der Waals surface area (Å²) in [6.45, 7) is 1.70. The maximum absolute atomic E-state index is 12.3. The zero-order chi connectivity index (χ0) is 13.6. The van der Waals surface area contributed by atoms with Crippen molar-refractivity contribution >= 4 is 15.8 Å². The predicted molar refractivity (Wildman–Crippen MR) is 65.9 cm³/mol. The van der Waals surface area contributed by atoms with E-state index >= 15 is 0 Å². The molecule has 1 aliphatic rings. The quantitative estimate of drug-likeness (QED) is 0.832. The second-order valence-electron chi connectivity index (χ2n) is 4.72. The minimum atomic E-state index is -3.61. The lowest BCUT2D eigenvalue weighted by molar-refractivity contribution is -0.142. The van der Waals surface area contributed by atoms with Crippen LogP contribution >= 0.6 is 0 Å². The van der Waals surface area contributed by atoms with Crippen molar-refractivity contribution in [2.75, 3.05) is 6.54 Å². The number of carboxylic acids is 1. The molecule has 0 heterocycles. The van der Waals surface area contributed by atoms with Crippen LogP contribution in [0.2, 0.25) is 0 Å². The number of carbonyl (C=O) groups is 1. The summed E-state index contributed by atoms with van der Waals surface area (Å²) in [5, 5.41) is 8.18. The third kappa shape index (κ3) is 1.81. The van der Waals surface area contributed by atoms with Gasteiger partial charge in [-0.3, -0.25) is 4.79 Å². The second kappa shape index (κ2) is 4.07. The summed E-state index contributed by atoms with van der Waals surface area (Å²) in [5.74, 6) is -1.13. The van der Waals surface area contributed by atoms with Crippen LogP contribution in [0.15, 0.2) is 29.2 Å². The van der Waals surface area contributed by atoms with E-state index in [-0.39, 0.29) is 17.9 Å². The highest BCUT2D eigenvalue weighted by molar-refractivity contribution is 7.92. The van der Waals surface area contributed by atoms with E-state index in [2.05, 4.69) is 0 Å². The van der Waals surface area contributed by atoms with Gasteiger partial charge in [0.1, 0.15) is 0 Å². The van der Waals surface area contributed by atoms with Crippen molar-refractivity contribution in [2.24, 2.45) is 11.1 Å². The van der Waals surface area contributed by atoms with E-state index in [9.17, 15) is 13.2 Å². The number of hydrogen-bond donors (Lipinski definition) is 2. The monoisotopic (exact) mass is 269 g/mol. The molecule has 3 N–H and O–H groups in total. The van der Waals surface area contributed by atoms with Crippen molar-refractivity contribution in [2.45, 2.75) is 23.5 Å². The SMILES string of the molecule is Cc1ccc(S(=O)(=O)C2CC2(CN)C(=O)O)cc1. The van der Waals surface area contributed by atoms with Crippen LogP contribution in [0, 0.1) is 12.3 Å². The van der Waals surface area contributed by atoms with Crippen molar-refractivity contribution in [1.82, 2.24) is 0 Å². The molecule has 0 aromatic heterocycles. The zero-order valence-electron chi connectivity index (χ0n) is 9.96. The highest BCUT2D eigenvalue weighted by Gasteiger charge is 2.66. The molecule has 1 saturated carbocycles. The first-order valence-corrected chi connectivity index (χ1v) is 7.13. The Balaban J connectivity index is 2.35. The first-order chi connectivity index (χ1) is 8.34. The van der Waals surface area contributed by atoms with E-state index in [1.54, 1.807) is 12.1 Å². The van der Waals surface area contributed by atoms with E-state index in [0.717, 1.165) is 5.56 Å². The number of rotatable bonds is 4. The van der Waals surface area contributed by atoms with Gasteiger partial charge in [-0.2, -0.15) is 0 Å². The fourth-order valence-electron chi connectivity index (χ4n) is 2.10. The molecule has 2 unspecified atom stereocenters. The maximum Gasteiger partial charge on any atom is 0.312 e. The van der Waals surface area contributed by atoms with Gasteiger partial charge >= 0.3 is 5.97 Å². The normalized spacial score (nSPS) is 26.9. The van der Waals surface area contributed by atoms with Gasteiger partial charge in [0.2, 0.25) is 0 Å². The molecular formula is C12H15NO4S. The van der Waals surface area contributed by atoms with Gasteiger partial charge in [0.05, 0.1) is 15.6 Å². The zero-order valence-corrected chi connectivity index (χ0v) is 10.8. The van der Waals surface area contributed by atoms with Crippen LogP contribution in [0.4, 0.5) is 0 Å². The van der Waals surface area contributed by atoms with Crippen molar-refractivity contribution < 1.29 is 18.3 Å². The van der Waals surface area contributed by atoms with Crippen LogP contribution in [-0.2, 0) is 14.6 Å². The molecule has 1 aliphatic carbocycles. The first-order valence-electron chi connectivity index (χ1n) is 5.58. The van der Waals surface area contributed by atoms with Gasteiger partial charge in [0.15, 0.2) is 9.84 Å². The van der Waals surface area contributed by atoms with Gasteiger partial charge in [-0.25, -0.2) is 8.42 Å². The Kier molecular flexibility index (Phi) is 2.95. The summed E-state index contributed by atoms with van der Waals surface area (Å²) in [5.41, 5.74) is 5.06. The molecule has 18 heavy (non-hydrogen) atoms. The lowest BCUT2D eigenvalue weighted by Crippen LogP contribution is -2.31. The molecule has 0 aliphatic heterocycles. The van der Waals surface area contributed by atoms with E-state index < -0.39 is 26.5 Å². The number of sulfone groups is 1. The van der Waals surface area contributed by atoms with Gasteiger partial charge in [-0.05, 0) is 25.5 Å². The molecule has 0 radical (unpaired) electrons. The van der Waals surface area contributed by atoms with Crippen LogP contribution in [0.25, 0.3) is 0 Å². The van der Waals surface area contributed by atoms with Gasteiger partial charge in [-0.15, -0.1) is 0 Å². The Hall–Kier alpha value is -1.40. The lowest BCUT2D eigenvalue weighted by atomic mass is 10.1. The van der Waals surface area contributed by atoms with E-state index in [1.807, 2.05) is 6.92 Å². The molecule has 0 bridgehead atoms. The summed E-state index contributed by atoms with van der Waals surface area (Å²) in [6.07, 6.45) is 0.0923. The molecule has 1 fully saturated rings. The third-order valence-electron chi connectivity index (χ3n) is 3.52. The summed E-state index contributed by atoms with van der Waals surface area (Å²) >= 11 is 0. The van der Waals surface area contributed by atoms with Crippen molar-refractivity contribution in [3.63, 3.8) is 0 Å². The minimum absolute atomic E-state index is 0.0923. The van der Waals surface area contributed by atoms with Crippen LogP contribution in [-0.4, -0.2) is 31.3 Å². The fourth-order valence-corrected chi connectivity index (χ4v) is 4.25. The average molecular weight is 269 g/mol. The Morgan fingerprint density at radius 2 is 2.00 bits per heavy atom. The summed E-state index contributed by atoms with van der Waals surface area (Å²) in [4.78, 5) is 11.3.